The van der Waals surface area contributed by atoms with E-state index < -0.39 is 0 Å². The van der Waals surface area contributed by atoms with Crippen LogP contribution in [0.3, 0.4) is 0 Å². The summed E-state index contributed by atoms with van der Waals surface area (Å²) in [5.41, 5.74) is 1.84. The molecule has 0 aliphatic carbocycles. The molecule has 0 aliphatic rings. The van der Waals surface area contributed by atoms with E-state index >= 15 is 0 Å². The fourth-order valence-electron chi connectivity index (χ4n) is 1.75. The lowest BCUT2D eigenvalue weighted by Gasteiger charge is -2.05. The maximum Gasteiger partial charge on any atom is 0.186 e. The van der Waals surface area contributed by atoms with Crippen molar-refractivity contribution in [1.82, 2.24) is 15.0 Å². The van der Waals surface area contributed by atoms with E-state index in [1.165, 1.54) is 12.1 Å². The van der Waals surface area contributed by atoms with Gasteiger partial charge in [-0.3, -0.25) is 0 Å². The lowest BCUT2D eigenvalue weighted by molar-refractivity contribution is 0.626. The second-order valence-corrected chi connectivity index (χ2v) is 3.99. The van der Waals surface area contributed by atoms with Gasteiger partial charge in [-0.2, -0.15) is 5.26 Å². The Morgan fingerprint density at radius 2 is 2.06 bits per heavy atom. The van der Waals surface area contributed by atoms with Crippen molar-refractivity contribution in [3.63, 3.8) is 0 Å². The van der Waals surface area contributed by atoms with Gasteiger partial charge >= 0.3 is 0 Å². The number of benzene rings is 1. The molecule has 0 fully saturated rings. The van der Waals surface area contributed by atoms with Gasteiger partial charge in [-0.05, 0) is 37.1 Å². The third-order valence-electron chi connectivity index (χ3n) is 2.71. The zero-order chi connectivity index (χ0) is 13.0. The van der Waals surface area contributed by atoms with Gasteiger partial charge in [0.15, 0.2) is 5.69 Å². The van der Waals surface area contributed by atoms with Crippen LogP contribution in [-0.2, 0) is 6.42 Å². The zero-order valence-electron chi connectivity index (χ0n) is 10.1. The Kier molecular flexibility index (Phi) is 3.68. The molecule has 0 aliphatic heterocycles. The van der Waals surface area contributed by atoms with Crippen molar-refractivity contribution in [2.45, 2.75) is 26.2 Å². The molecule has 0 spiro atoms. The number of aromatic nitrogens is 3. The van der Waals surface area contributed by atoms with Crippen LogP contribution in [-0.4, -0.2) is 15.0 Å². The van der Waals surface area contributed by atoms with Gasteiger partial charge in [-0.1, -0.05) is 18.6 Å². The third kappa shape index (κ3) is 2.38. The van der Waals surface area contributed by atoms with Gasteiger partial charge in [0.1, 0.15) is 11.9 Å². The predicted octanol–water partition coefficient (Wildman–Crippen LogP) is 2.62. The van der Waals surface area contributed by atoms with Crippen LogP contribution in [0.15, 0.2) is 24.3 Å². The molecular weight excluding hydrogens is 231 g/mol. The summed E-state index contributed by atoms with van der Waals surface area (Å²) < 4.78 is 14.5. The highest BCUT2D eigenvalue weighted by molar-refractivity contribution is 5.36. The van der Waals surface area contributed by atoms with Crippen molar-refractivity contribution in [2.75, 3.05) is 0 Å². The number of hydrogen-bond acceptors (Lipinski definition) is 3. The molecule has 0 N–H and O–H groups in total. The van der Waals surface area contributed by atoms with Gasteiger partial charge in [-0.25, -0.2) is 9.07 Å². The number of nitrogens with zero attached hydrogens (tertiary/aromatic N) is 4. The van der Waals surface area contributed by atoms with Crippen LogP contribution in [0.4, 0.5) is 4.39 Å². The lowest BCUT2D eigenvalue weighted by Crippen LogP contribution is -2.03. The summed E-state index contributed by atoms with van der Waals surface area (Å²) in [6.45, 7) is 2.08. The quantitative estimate of drug-likeness (QED) is 0.830. The fourth-order valence-corrected chi connectivity index (χ4v) is 1.75. The van der Waals surface area contributed by atoms with E-state index in [9.17, 15) is 4.39 Å². The summed E-state index contributed by atoms with van der Waals surface area (Å²) in [7, 11) is 0. The van der Waals surface area contributed by atoms with E-state index in [0.29, 0.717) is 5.69 Å². The summed E-state index contributed by atoms with van der Waals surface area (Å²) in [5.74, 6) is -0.297. The van der Waals surface area contributed by atoms with Crippen molar-refractivity contribution < 1.29 is 4.39 Å². The molecule has 92 valence electrons. The molecule has 2 rings (SSSR count). The smallest absolute Gasteiger partial charge is 0.186 e. The van der Waals surface area contributed by atoms with Gasteiger partial charge in [0.2, 0.25) is 0 Å². The second kappa shape index (κ2) is 5.41. The first-order valence-corrected chi connectivity index (χ1v) is 5.87. The molecule has 2 aromatic rings. The lowest BCUT2D eigenvalue weighted by atomic mass is 10.1. The molecule has 1 aromatic heterocycles. The van der Waals surface area contributed by atoms with Gasteiger partial charge in [0.05, 0.1) is 11.4 Å². The molecule has 0 bridgehead atoms. The van der Waals surface area contributed by atoms with Crippen LogP contribution in [0.1, 0.15) is 31.2 Å². The molecule has 4 nitrogen and oxygen atoms in total. The Morgan fingerprint density at radius 1 is 1.33 bits per heavy atom. The van der Waals surface area contributed by atoms with Gasteiger partial charge in [0.25, 0.3) is 0 Å². The van der Waals surface area contributed by atoms with Crippen LogP contribution in [0.2, 0.25) is 0 Å². The molecule has 0 saturated heterocycles. The van der Waals surface area contributed by atoms with Gasteiger partial charge in [0, 0.05) is 0 Å². The van der Waals surface area contributed by atoms with Crippen molar-refractivity contribution >= 4 is 0 Å². The standard InChI is InChI=1S/C13H13FN4/c1-2-3-4-13-12(9-15)16-17-18(13)11-7-5-10(14)6-8-11/h5-8H,2-4H2,1H3. The molecule has 0 saturated carbocycles. The highest BCUT2D eigenvalue weighted by Crippen LogP contribution is 2.15. The Labute approximate surface area is 105 Å². The van der Waals surface area contributed by atoms with E-state index in [0.717, 1.165) is 30.6 Å². The van der Waals surface area contributed by atoms with E-state index in [4.69, 9.17) is 5.26 Å². The highest BCUT2D eigenvalue weighted by Gasteiger charge is 2.13. The van der Waals surface area contributed by atoms with Crippen LogP contribution in [0.25, 0.3) is 5.69 Å². The molecule has 5 heteroatoms. The first-order chi connectivity index (χ1) is 8.76. The highest BCUT2D eigenvalue weighted by atomic mass is 19.1. The maximum absolute atomic E-state index is 12.9. The minimum atomic E-state index is -0.297. The number of rotatable bonds is 4. The minimum absolute atomic E-state index is 0.297. The van der Waals surface area contributed by atoms with Crippen molar-refractivity contribution in [3.05, 3.63) is 41.5 Å². The van der Waals surface area contributed by atoms with E-state index in [1.807, 2.05) is 6.07 Å². The van der Waals surface area contributed by atoms with E-state index in [-0.39, 0.29) is 5.82 Å². The Morgan fingerprint density at radius 3 is 2.67 bits per heavy atom. The van der Waals surface area contributed by atoms with Crippen molar-refractivity contribution in [1.29, 1.82) is 5.26 Å². The number of halogens is 1. The SMILES string of the molecule is CCCCc1c(C#N)nnn1-c1ccc(F)cc1. The predicted molar refractivity (Wildman–Crippen MR) is 64.6 cm³/mol. The number of unbranched alkanes of at least 4 members (excludes halogenated alkanes) is 1. The molecule has 0 amide bonds. The van der Waals surface area contributed by atoms with Crippen molar-refractivity contribution in [2.24, 2.45) is 0 Å². The zero-order valence-corrected chi connectivity index (χ0v) is 10.1. The Balaban J connectivity index is 2.41. The van der Waals surface area contributed by atoms with Crippen LogP contribution < -0.4 is 0 Å². The maximum atomic E-state index is 12.9. The average Bonchev–Trinajstić information content (AvgIpc) is 2.80. The summed E-state index contributed by atoms with van der Waals surface area (Å²) in [6.07, 6.45) is 2.73. The number of hydrogen-bond donors (Lipinski definition) is 0. The van der Waals surface area contributed by atoms with Gasteiger partial charge in [-0.15, -0.1) is 5.10 Å². The van der Waals surface area contributed by atoms with Crippen LogP contribution in [0, 0.1) is 17.1 Å². The largest absolute Gasteiger partial charge is 0.216 e. The Hall–Kier alpha value is -2.22. The summed E-state index contributed by atoms with van der Waals surface area (Å²) >= 11 is 0. The second-order valence-electron chi connectivity index (χ2n) is 3.99. The summed E-state index contributed by atoms with van der Waals surface area (Å²) in [6, 6.07) is 8.02. The molecule has 1 aromatic carbocycles. The molecular formula is C13H13FN4. The topological polar surface area (TPSA) is 54.5 Å². The first kappa shape index (κ1) is 12.2. The number of nitriles is 1. The van der Waals surface area contributed by atoms with Crippen molar-refractivity contribution in [3.8, 4) is 11.8 Å². The Bertz CT molecular complexity index is 566. The summed E-state index contributed by atoms with van der Waals surface area (Å²) in [5, 5.41) is 16.8. The molecule has 0 atom stereocenters. The van der Waals surface area contributed by atoms with E-state index in [1.54, 1.807) is 16.8 Å². The molecule has 1 heterocycles. The molecule has 0 unspecified atom stereocenters. The third-order valence-corrected chi connectivity index (χ3v) is 2.71. The minimum Gasteiger partial charge on any atom is -0.216 e. The average molecular weight is 244 g/mol. The van der Waals surface area contributed by atoms with E-state index in [2.05, 4.69) is 17.2 Å². The summed E-state index contributed by atoms with van der Waals surface area (Å²) in [4.78, 5) is 0. The molecule has 18 heavy (non-hydrogen) atoms. The normalized spacial score (nSPS) is 10.3. The first-order valence-electron chi connectivity index (χ1n) is 5.87. The monoisotopic (exact) mass is 244 g/mol. The van der Waals surface area contributed by atoms with Crippen LogP contribution >= 0.6 is 0 Å². The van der Waals surface area contributed by atoms with Crippen LogP contribution in [0.5, 0.6) is 0 Å². The van der Waals surface area contributed by atoms with Gasteiger partial charge < -0.3 is 0 Å². The molecule has 0 radical (unpaired) electrons. The fraction of sp³-hybridized carbons (Fsp3) is 0.308.